The zero-order valence-corrected chi connectivity index (χ0v) is 23.7. The fraction of sp³-hybridized carbons (Fsp3) is 1.00. The summed E-state index contributed by atoms with van der Waals surface area (Å²) >= 11 is 0. The molecule has 3 fully saturated rings. The van der Waals surface area contributed by atoms with Crippen LogP contribution in [0.1, 0.15) is 0 Å². The van der Waals surface area contributed by atoms with Crippen LogP contribution < -0.4 is 5.73 Å². The van der Waals surface area contributed by atoms with Crippen LogP contribution in [-0.4, -0.2) is 173 Å². The molecule has 3 rings (SSSR count). The third kappa shape index (κ3) is 7.74. The zero-order chi connectivity index (χ0) is 29.9. The van der Waals surface area contributed by atoms with Gasteiger partial charge in [0.1, 0.15) is 67.1 Å². The lowest BCUT2D eigenvalue weighted by molar-refractivity contribution is -0.373. The van der Waals surface area contributed by atoms with Gasteiger partial charge >= 0.3 is 0 Å². The minimum absolute atomic E-state index is 0.271. The van der Waals surface area contributed by atoms with E-state index < -0.39 is 120 Å². The van der Waals surface area contributed by atoms with Crippen molar-refractivity contribution in [1.82, 2.24) is 0 Å². The summed E-state index contributed by atoms with van der Waals surface area (Å²) < 4.78 is 33.5. The highest BCUT2D eigenvalue weighted by molar-refractivity contribution is 6.76. The van der Waals surface area contributed by atoms with Crippen molar-refractivity contribution >= 4 is 8.07 Å². The molecular weight excluding hydrogens is 558 g/mol. The number of rotatable bonds is 11. The van der Waals surface area contributed by atoms with Crippen LogP contribution in [0, 0.1) is 0 Å². The van der Waals surface area contributed by atoms with Gasteiger partial charge in [0.25, 0.3) is 0 Å². The van der Waals surface area contributed by atoms with Crippen LogP contribution >= 0.6 is 0 Å². The van der Waals surface area contributed by atoms with Crippen molar-refractivity contribution < 1.29 is 74.4 Å². The van der Waals surface area contributed by atoms with E-state index in [1.54, 1.807) is 0 Å². The van der Waals surface area contributed by atoms with E-state index in [1.165, 1.54) is 0 Å². The predicted molar refractivity (Wildman–Crippen MR) is 135 cm³/mol. The largest absolute Gasteiger partial charge is 0.394 e. The minimum atomic E-state index is -1.84. The van der Waals surface area contributed by atoms with E-state index >= 15 is 0 Å². The zero-order valence-electron chi connectivity index (χ0n) is 22.7. The highest BCUT2D eigenvalue weighted by Gasteiger charge is 2.53. The van der Waals surface area contributed by atoms with Crippen molar-refractivity contribution in [2.75, 3.05) is 26.4 Å². The minimum Gasteiger partial charge on any atom is -0.394 e. The number of ether oxygens (including phenoxy) is 6. The lowest BCUT2D eigenvalue weighted by Gasteiger charge is -2.48. The summed E-state index contributed by atoms with van der Waals surface area (Å²) in [6, 6.07) is -0.556. The van der Waals surface area contributed by atoms with E-state index in [0.29, 0.717) is 0 Å². The normalized spacial score (nSPS) is 46.9. The Kier molecular flexibility index (Phi) is 12.2. The molecule has 3 saturated heterocycles. The molecular formula is C23H45NO15Si. The molecule has 3 aliphatic heterocycles. The van der Waals surface area contributed by atoms with Gasteiger partial charge in [0.2, 0.25) is 0 Å². The molecule has 0 spiro atoms. The van der Waals surface area contributed by atoms with E-state index in [0.717, 1.165) is 6.04 Å². The standard InChI is InChI=1S/C23H45NO15Si/c1-40(2,3)5-4-34-22-17(32)15(30)20(10(7-26)36-22)39-23-18(33)16(31)19(11(8-27)37-23)38-21-12(24)14(29)13(28)9(6-25)35-21/h9-23,25-33H,4-8,24H2,1-3H3/t9-,10-,11-,12-,13+,14-,15-,16-,17-,18-,19+,20-,21-,22-,23+/m1/s1. The molecule has 0 aromatic carbocycles. The molecule has 11 N–H and O–H groups in total. The molecule has 16 nitrogen and oxygen atoms in total. The Balaban J connectivity index is 1.67. The molecule has 236 valence electrons. The first-order valence-corrected chi connectivity index (χ1v) is 17.0. The second-order valence-electron chi connectivity index (χ2n) is 11.6. The van der Waals surface area contributed by atoms with Gasteiger partial charge in [-0.25, -0.2) is 0 Å². The first-order valence-electron chi connectivity index (χ1n) is 13.3. The summed E-state index contributed by atoms with van der Waals surface area (Å²) in [6.07, 6.45) is -21.0. The molecule has 0 unspecified atom stereocenters. The fourth-order valence-corrected chi connectivity index (χ4v) is 5.44. The molecule has 3 heterocycles. The van der Waals surface area contributed by atoms with Crippen LogP contribution in [-0.2, 0) is 28.4 Å². The summed E-state index contributed by atoms with van der Waals surface area (Å²) in [5.41, 5.74) is 5.88. The van der Waals surface area contributed by atoms with Gasteiger partial charge in [0, 0.05) is 14.7 Å². The Morgan fingerprint density at radius 1 is 0.600 bits per heavy atom. The summed E-state index contributed by atoms with van der Waals surface area (Å²) in [5, 5.41) is 92.3. The van der Waals surface area contributed by atoms with Crippen molar-refractivity contribution in [3.63, 3.8) is 0 Å². The maximum absolute atomic E-state index is 10.8. The van der Waals surface area contributed by atoms with Gasteiger partial charge in [-0.2, -0.15) is 0 Å². The molecule has 0 radical (unpaired) electrons. The molecule has 0 aliphatic carbocycles. The topological polar surface area (TPSA) is 263 Å². The maximum Gasteiger partial charge on any atom is 0.187 e. The lowest BCUT2D eigenvalue weighted by Crippen LogP contribution is -2.67. The van der Waals surface area contributed by atoms with Gasteiger partial charge in [-0.05, 0) is 6.04 Å². The molecule has 0 aromatic heterocycles. The first kappa shape index (κ1) is 34.1. The monoisotopic (exact) mass is 603 g/mol. The predicted octanol–water partition coefficient (Wildman–Crippen LogP) is -5.24. The van der Waals surface area contributed by atoms with E-state index in [-0.39, 0.29) is 6.61 Å². The number of nitrogens with two attached hydrogens (primary N) is 1. The van der Waals surface area contributed by atoms with Crippen LogP contribution in [0.4, 0.5) is 0 Å². The summed E-state index contributed by atoms with van der Waals surface area (Å²) in [4.78, 5) is 0. The Morgan fingerprint density at radius 2 is 1.05 bits per heavy atom. The van der Waals surface area contributed by atoms with Crippen molar-refractivity contribution in [3.8, 4) is 0 Å². The van der Waals surface area contributed by atoms with Crippen LogP contribution in [0.3, 0.4) is 0 Å². The second kappa shape index (κ2) is 14.4. The van der Waals surface area contributed by atoms with Gasteiger partial charge in [-0.1, -0.05) is 19.6 Å². The highest BCUT2D eigenvalue weighted by Crippen LogP contribution is 2.32. The summed E-state index contributed by atoms with van der Waals surface area (Å²) in [5.74, 6) is 0. The smallest absolute Gasteiger partial charge is 0.187 e. The molecule has 15 atom stereocenters. The SMILES string of the molecule is C[Si](C)(C)CCO[C@@H]1O[C@H](CO)[C@@H](O[C@@H]2O[C@H](CO)[C@H](O[C@H]3O[C@H](CO)[C@H](O)[C@H](O)[C@H]3N)[C@H](O)[C@H]2O)[C@H](O)[C@H]1O. The Bertz CT molecular complexity index is 773. The van der Waals surface area contributed by atoms with Crippen molar-refractivity contribution in [2.24, 2.45) is 5.73 Å². The first-order chi connectivity index (χ1) is 18.7. The third-order valence-electron chi connectivity index (χ3n) is 7.29. The number of aliphatic hydroxyl groups is 9. The second-order valence-corrected chi connectivity index (χ2v) is 17.2. The van der Waals surface area contributed by atoms with Crippen molar-refractivity contribution in [1.29, 1.82) is 0 Å². The van der Waals surface area contributed by atoms with Crippen LogP contribution in [0.25, 0.3) is 0 Å². The average Bonchev–Trinajstić information content (AvgIpc) is 2.91. The van der Waals surface area contributed by atoms with E-state index in [2.05, 4.69) is 19.6 Å². The number of aliphatic hydroxyl groups excluding tert-OH is 9. The highest BCUT2D eigenvalue weighted by atomic mass is 28.3. The molecule has 0 amide bonds. The van der Waals surface area contributed by atoms with E-state index in [9.17, 15) is 46.0 Å². The molecule has 0 bridgehead atoms. The van der Waals surface area contributed by atoms with Gasteiger partial charge < -0.3 is 80.1 Å². The molecule has 17 heteroatoms. The van der Waals surface area contributed by atoms with Crippen LogP contribution in [0.2, 0.25) is 25.7 Å². The molecule has 40 heavy (non-hydrogen) atoms. The Hall–Kier alpha value is -0.423. The number of hydrogen-bond acceptors (Lipinski definition) is 16. The summed E-state index contributed by atoms with van der Waals surface area (Å²) in [7, 11) is -1.46. The van der Waals surface area contributed by atoms with Crippen molar-refractivity contribution in [3.05, 3.63) is 0 Å². The molecule has 0 aromatic rings. The van der Waals surface area contributed by atoms with E-state index in [1.807, 2.05) is 0 Å². The lowest BCUT2D eigenvalue weighted by atomic mass is 9.95. The third-order valence-corrected chi connectivity index (χ3v) is 8.99. The Morgan fingerprint density at radius 3 is 1.55 bits per heavy atom. The van der Waals surface area contributed by atoms with Gasteiger partial charge in [-0.3, -0.25) is 0 Å². The van der Waals surface area contributed by atoms with Crippen LogP contribution in [0.5, 0.6) is 0 Å². The maximum atomic E-state index is 10.8. The molecule has 3 aliphatic rings. The Labute approximate surface area is 232 Å². The number of hydrogen-bond donors (Lipinski definition) is 10. The van der Waals surface area contributed by atoms with Gasteiger partial charge in [0.15, 0.2) is 18.9 Å². The van der Waals surface area contributed by atoms with Gasteiger partial charge in [0.05, 0.1) is 25.9 Å². The fourth-order valence-electron chi connectivity index (χ4n) is 4.71. The van der Waals surface area contributed by atoms with E-state index in [4.69, 9.17) is 34.2 Å². The van der Waals surface area contributed by atoms with Crippen LogP contribution in [0.15, 0.2) is 0 Å². The average molecular weight is 604 g/mol. The quantitative estimate of drug-likeness (QED) is 0.0989. The van der Waals surface area contributed by atoms with Crippen molar-refractivity contribution in [2.45, 2.75) is 118 Å². The van der Waals surface area contributed by atoms with Gasteiger partial charge in [-0.15, -0.1) is 0 Å². The summed E-state index contributed by atoms with van der Waals surface area (Å²) in [6.45, 7) is 4.60. The molecule has 0 saturated carbocycles.